The van der Waals surface area contributed by atoms with Gasteiger partial charge in [-0.05, 0) is 48.8 Å². The minimum atomic E-state index is -2.17. The minimum absolute atomic E-state index is 0.0100. The highest BCUT2D eigenvalue weighted by Gasteiger charge is 2.38. The minimum Gasteiger partial charge on any atom is -0.507 e. The zero-order valence-corrected chi connectivity index (χ0v) is 20.0. The Morgan fingerprint density at radius 1 is 1.03 bits per heavy atom. The first-order valence-electron chi connectivity index (χ1n) is 9.79. The summed E-state index contributed by atoms with van der Waals surface area (Å²) in [6.07, 6.45) is 0. The predicted molar refractivity (Wildman–Crippen MR) is 119 cm³/mol. The smallest absolute Gasteiger partial charge is 0.204 e. The topological polar surface area (TPSA) is 85.2 Å². The van der Waals surface area contributed by atoms with Gasteiger partial charge in [0.15, 0.2) is 8.32 Å². The molecule has 2 N–H and O–H groups in total. The molecular weight excluding hydrogens is 400 g/mol. The van der Waals surface area contributed by atoms with Crippen LogP contribution in [0.1, 0.15) is 47.8 Å². The third-order valence-electron chi connectivity index (χ3n) is 5.84. The number of benzene rings is 2. The van der Waals surface area contributed by atoms with Crippen LogP contribution in [0.15, 0.2) is 24.3 Å². The van der Waals surface area contributed by atoms with Crippen LogP contribution in [-0.2, 0) is 11.0 Å². The van der Waals surface area contributed by atoms with E-state index in [4.69, 9.17) is 13.9 Å². The SMILES string of the molecule is COc1cccc(OC)c1C(=O)c1c(O)cc(C)c(O)c1CO[Si](C)(C)C(C)(C)C. The first-order valence-corrected chi connectivity index (χ1v) is 12.7. The first-order chi connectivity index (χ1) is 13.9. The molecule has 0 unspecified atom stereocenters. The highest BCUT2D eigenvalue weighted by Crippen LogP contribution is 2.41. The molecule has 0 heterocycles. The van der Waals surface area contributed by atoms with E-state index in [0.29, 0.717) is 17.1 Å². The number of rotatable bonds is 7. The van der Waals surface area contributed by atoms with E-state index in [1.807, 2.05) is 0 Å². The second-order valence-electron chi connectivity index (χ2n) is 8.83. The molecule has 0 bridgehead atoms. The van der Waals surface area contributed by atoms with Crippen molar-refractivity contribution in [2.45, 2.75) is 52.4 Å². The van der Waals surface area contributed by atoms with Gasteiger partial charge in [-0.25, -0.2) is 0 Å². The molecule has 7 heteroatoms. The van der Waals surface area contributed by atoms with Gasteiger partial charge >= 0.3 is 0 Å². The van der Waals surface area contributed by atoms with Gasteiger partial charge in [0.1, 0.15) is 28.6 Å². The molecule has 0 amide bonds. The van der Waals surface area contributed by atoms with Crippen molar-refractivity contribution in [1.82, 2.24) is 0 Å². The van der Waals surface area contributed by atoms with Crippen molar-refractivity contribution < 1.29 is 28.9 Å². The lowest BCUT2D eigenvalue weighted by Crippen LogP contribution is -2.40. The van der Waals surface area contributed by atoms with E-state index in [1.165, 1.54) is 20.3 Å². The van der Waals surface area contributed by atoms with Gasteiger partial charge in [-0.1, -0.05) is 26.8 Å². The van der Waals surface area contributed by atoms with Gasteiger partial charge in [0.25, 0.3) is 0 Å². The number of ether oxygens (including phenoxy) is 2. The fourth-order valence-electron chi connectivity index (χ4n) is 2.92. The number of ketones is 1. The predicted octanol–water partition coefficient (Wildman–Crippen LogP) is 5.18. The lowest BCUT2D eigenvalue weighted by molar-refractivity contribution is 0.102. The molecule has 0 aliphatic carbocycles. The van der Waals surface area contributed by atoms with Gasteiger partial charge < -0.3 is 24.1 Å². The number of hydrogen-bond donors (Lipinski definition) is 2. The number of phenols is 2. The fourth-order valence-corrected chi connectivity index (χ4v) is 3.86. The van der Waals surface area contributed by atoms with Crippen LogP contribution in [0.5, 0.6) is 23.0 Å². The van der Waals surface area contributed by atoms with Crippen LogP contribution in [0.4, 0.5) is 0 Å². The lowest BCUT2D eigenvalue weighted by atomic mass is 9.94. The van der Waals surface area contributed by atoms with E-state index in [1.54, 1.807) is 25.1 Å². The molecule has 0 saturated heterocycles. The average Bonchev–Trinajstić information content (AvgIpc) is 2.67. The summed E-state index contributed by atoms with van der Waals surface area (Å²) in [5.74, 6) is -0.170. The summed E-state index contributed by atoms with van der Waals surface area (Å²) in [4.78, 5) is 13.6. The highest BCUT2D eigenvalue weighted by molar-refractivity contribution is 6.74. The summed E-state index contributed by atoms with van der Waals surface area (Å²) < 4.78 is 17.0. The van der Waals surface area contributed by atoms with Crippen LogP contribution in [0.2, 0.25) is 18.1 Å². The number of methoxy groups -OCH3 is 2. The second-order valence-corrected chi connectivity index (χ2v) is 13.6. The maximum atomic E-state index is 13.6. The van der Waals surface area contributed by atoms with Gasteiger partial charge in [-0.15, -0.1) is 0 Å². The van der Waals surface area contributed by atoms with Crippen LogP contribution in [0, 0.1) is 6.92 Å². The summed E-state index contributed by atoms with van der Waals surface area (Å²) >= 11 is 0. The van der Waals surface area contributed by atoms with E-state index >= 15 is 0 Å². The van der Waals surface area contributed by atoms with Crippen molar-refractivity contribution >= 4 is 14.1 Å². The molecular formula is C23H32O6Si. The summed E-state index contributed by atoms with van der Waals surface area (Å²) in [7, 11) is 0.744. The molecule has 0 aromatic heterocycles. The van der Waals surface area contributed by atoms with Gasteiger partial charge in [0, 0.05) is 5.56 Å². The normalized spacial score (nSPS) is 12.0. The molecule has 2 rings (SSSR count). The monoisotopic (exact) mass is 432 g/mol. The third kappa shape index (κ3) is 4.47. The van der Waals surface area contributed by atoms with Gasteiger partial charge in [-0.2, -0.15) is 0 Å². The fraction of sp³-hybridized carbons (Fsp3) is 0.435. The zero-order chi connectivity index (χ0) is 22.9. The molecule has 164 valence electrons. The van der Waals surface area contributed by atoms with E-state index in [-0.39, 0.29) is 39.8 Å². The molecule has 6 nitrogen and oxygen atoms in total. The van der Waals surface area contributed by atoms with Crippen LogP contribution in [0.3, 0.4) is 0 Å². The van der Waals surface area contributed by atoms with Crippen molar-refractivity contribution in [3.05, 3.63) is 46.5 Å². The van der Waals surface area contributed by atoms with Crippen molar-refractivity contribution in [3.63, 3.8) is 0 Å². The van der Waals surface area contributed by atoms with Crippen molar-refractivity contribution in [3.8, 4) is 23.0 Å². The highest BCUT2D eigenvalue weighted by atomic mass is 28.4. The van der Waals surface area contributed by atoms with Crippen molar-refractivity contribution in [1.29, 1.82) is 0 Å². The molecule has 2 aromatic carbocycles. The number of aryl methyl sites for hydroxylation is 1. The van der Waals surface area contributed by atoms with Gasteiger partial charge in [0.2, 0.25) is 5.78 Å². The Bertz CT molecular complexity index is 921. The lowest BCUT2D eigenvalue weighted by Gasteiger charge is -2.36. The summed E-state index contributed by atoms with van der Waals surface area (Å²) in [5, 5.41) is 21.4. The van der Waals surface area contributed by atoms with Crippen LogP contribution in [0.25, 0.3) is 0 Å². The summed E-state index contributed by atoms with van der Waals surface area (Å²) in [5.41, 5.74) is 0.884. The Morgan fingerprint density at radius 2 is 1.57 bits per heavy atom. The quantitative estimate of drug-likeness (QED) is 0.356. The Morgan fingerprint density at radius 3 is 2.03 bits per heavy atom. The Hall–Kier alpha value is -2.51. The largest absolute Gasteiger partial charge is 0.507 e. The molecule has 30 heavy (non-hydrogen) atoms. The molecule has 0 saturated carbocycles. The first kappa shape index (κ1) is 23.8. The van der Waals surface area contributed by atoms with E-state index in [9.17, 15) is 15.0 Å². The molecule has 0 radical (unpaired) electrons. The molecule has 0 atom stereocenters. The third-order valence-corrected chi connectivity index (χ3v) is 10.3. The van der Waals surface area contributed by atoms with Gasteiger partial charge in [-0.3, -0.25) is 4.79 Å². The van der Waals surface area contributed by atoms with E-state index in [0.717, 1.165) is 0 Å². The van der Waals surface area contributed by atoms with Crippen LogP contribution in [-0.4, -0.2) is 38.5 Å². The van der Waals surface area contributed by atoms with Crippen molar-refractivity contribution in [2.24, 2.45) is 0 Å². The average molecular weight is 433 g/mol. The van der Waals surface area contributed by atoms with Crippen molar-refractivity contribution in [2.75, 3.05) is 14.2 Å². The van der Waals surface area contributed by atoms with E-state index in [2.05, 4.69) is 33.9 Å². The number of carbonyl (C=O) groups is 1. The number of carbonyl (C=O) groups excluding carboxylic acids is 1. The molecule has 0 aliphatic heterocycles. The standard InChI is InChI=1S/C23H32O6Si/c1-14-12-16(24)19(15(21(14)25)13-29-30(7,8)23(2,3)4)22(26)20-17(27-5)10-9-11-18(20)28-6/h9-12,24-25H,13H2,1-8H3. The summed E-state index contributed by atoms with van der Waals surface area (Å²) in [6.45, 7) is 12.2. The second kappa shape index (κ2) is 8.69. The Labute approximate surface area is 179 Å². The maximum Gasteiger partial charge on any atom is 0.204 e. The van der Waals surface area contributed by atoms with Gasteiger partial charge in [0.05, 0.1) is 26.4 Å². The maximum absolute atomic E-state index is 13.6. The number of hydrogen-bond acceptors (Lipinski definition) is 6. The van der Waals surface area contributed by atoms with E-state index < -0.39 is 14.1 Å². The summed E-state index contributed by atoms with van der Waals surface area (Å²) in [6, 6.07) is 6.38. The van der Waals surface area contributed by atoms with Crippen LogP contribution < -0.4 is 9.47 Å². The molecule has 0 aliphatic rings. The number of aromatic hydroxyl groups is 2. The molecule has 2 aromatic rings. The zero-order valence-electron chi connectivity index (χ0n) is 19.0. The molecule has 0 fully saturated rings. The number of phenolic OH excluding ortho intramolecular Hbond substituents is 2. The Balaban J connectivity index is 2.65. The Kier molecular flexibility index (Phi) is 6.89. The van der Waals surface area contributed by atoms with Crippen LogP contribution >= 0.6 is 0 Å². The molecule has 0 spiro atoms.